The van der Waals surface area contributed by atoms with Crippen LogP contribution in [0.4, 0.5) is 5.00 Å². The quantitative estimate of drug-likeness (QED) is 0.725. The number of benzene rings is 1. The monoisotopic (exact) mass is 382 g/mol. The number of carbonyl (C=O) groups is 2. The van der Waals surface area contributed by atoms with Crippen molar-refractivity contribution >= 4 is 38.0 Å². The van der Waals surface area contributed by atoms with E-state index in [1.54, 1.807) is 25.1 Å². The standard InChI is InChI=1S/C16H18N2O5S2/c1-9-6-4-5-7-11(9)25(22,23)12-8-10(13(17)19)14(24-12)18-15(20)16(2,3)21/h4-8,21H,1-3H3,(H2,17,19)(H,18,20). The van der Waals surface area contributed by atoms with Gasteiger partial charge >= 0.3 is 0 Å². The van der Waals surface area contributed by atoms with Gasteiger partial charge in [0, 0.05) is 0 Å². The SMILES string of the molecule is Cc1ccccc1S(=O)(=O)c1cc(C(N)=O)c(NC(=O)C(C)(C)O)s1. The number of primary amides is 1. The van der Waals surface area contributed by atoms with Crippen LogP contribution in [0.1, 0.15) is 29.8 Å². The number of thiophene rings is 1. The fraction of sp³-hybridized carbons (Fsp3) is 0.250. The zero-order valence-electron chi connectivity index (χ0n) is 13.9. The molecule has 0 unspecified atom stereocenters. The molecule has 2 aromatic rings. The first-order valence-electron chi connectivity index (χ1n) is 7.23. The first-order valence-corrected chi connectivity index (χ1v) is 9.52. The molecule has 134 valence electrons. The molecule has 0 aliphatic carbocycles. The Morgan fingerprint density at radius 1 is 1.24 bits per heavy atom. The van der Waals surface area contributed by atoms with Crippen molar-refractivity contribution in [1.29, 1.82) is 0 Å². The summed E-state index contributed by atoms with van der Waals surface area (Å²) in [6, 6.07) is 7.57. The molecule has 2 amide bonds. The molecular weight excluding hydrogens is 364 g/mol. The number of anilines is 1. The number of rotatable bonds is 5. The van der Waals surface area contributed by atoms with E-state index in [-0.39, 0.29) is 19.7 Å². The van der Waals surface area contributed by atoms with Gasteiger partial charge in [-0.3, -0.25) is 9.59 Å². The molecule has 7 nitrogen and oxygen atoms in total. The molecule has 1 heterocycles. The first-order chi connectivity index (χ1) is 11.4. The number of hydrogen-bond acceptors (Lipinski definition) is 6. The predicted octanol–water partition coefficient (Wildman–Crippen LogP) is 1.70. The Kier molecular flexibility index (Phi) is 5.03. The van der Waals surface area contributed by atoms with Crippen LogP contribution in [0, 0.1) is 6.92 Å². The second kappa shape index (κ2) is 6.58. The van der Waals surface area contributed by atoms with Crippen LogP contribution in [0.3, 0.4) is 0 Å². The number of hydrogen-bond donors (Lipinski definition) is 3. The van der Waals surface area contributed by atoms with Gasteiger partial charge in [0.05, 0.1) is 10.5 Å². The van der Waals surface area contributed by atoms with E-state index in [4.69, 9.17) is 5.73 Å². The number of aliphatic hydroxyl groups is 1. The molecule has 1 aromatic carbocycles. The lowest BCUT2D eigenvalue weighted by molar-refractivity contribution is -0.130. The normalized spacial score (nSPS) is 12.0. The summed E-state index contributed by atoms with van der Waals surface area (Å²) in [5.74, 6) is -1.66. The minimum Gasteiger partial charge on any atom is -0.381 e. The average molecular weight is 382 g/mol. The van der Waals surface area contributed by atoms with Crippen LogP contribution in [0.5, 0.6) is 0 Å². The van der Waals surface area contributed by atoms with Crippen LogP contribution in [0.15, 0.2) is 39.4 Å². The smallest absolute Gasteiger partial charge is 0.256 e. The third-order valence-corrected chi connectivity index (χ3v) is 6.84. The molecule has 0 saturated carbocycles. The van der Waals surface area contributed by atoms with E-state index < -0.39 is 27.3 Å². The number of nitrogens with two attached hydrogens (primary N) is 1. The number of aryl methyl sites for hydroxylation is 1. The van der Waals surface area contributed by atoms with Gasteiger partial charge in [-0.05, 0) is 38.5 Å². The van der Waals surface area contributed by atoms with Crippen LogP contribution in [0.2, 0.25) is 0 Å². The fourth-order valence-corrected chi connectivity index (χ4v) is 4.99. The second-order valence-corrected chi connectivity index (χ2v) is 9.15. The van der Waals surface area contributed by atoms with Crippen LogP contribution >= 0.6 is 11.3 Å². The van der Waals surface area contributed by atoms with Crippen molar-refractivity contribution in [3.05, 3.63) is 41.5 Å². The molecule has 2 rings (SSSR count). The van der Waals surface area contributed by atoms with Gasteiger partial charge in [-0.25, -0.2) is 8.42 Å². The van der Waals surface area contributed by atoms with Crippen molar-refractivity contribution in [1.82, 2.24) is 0 Å². The summed E-state index contributed by atoms with van der Waals surface area (Å²) in [6.45, 7) is 4.20. The topological polar surface area (TPSA) is 127 Å². The van der Waals surface area contributed by atoms with Gasteiger partial charge in [-0.2, -0.15) is 0 Å². The molecule has 9 heteroatoms. The van der Waals surface area contributed by atoms with E-state index in [9.17, 15) is 23.1 Å². The number of sulfone groups is 1. The summed E-state index contributed by atoms with van der Waals surface area (Å²) < 4.78 is 25.5. The van der Waals surface area contributed by atoms with Crippen molar-refractivity contribution in [3.63, 3.8) is 0 Å². The van der Waals surface area contributed by atoms with E-state index in [0.29, 0.717) is 16.9 Å². The molecule has 1 aromatic heterocycles. The summed E-state index contributed by atoms with van der Waals surface area (Å²) in [5, 5.41) is 12.0. The summed E-state index contributed by atoms with van der Waals surface area (Å²) in [7, 11) is -3.88. The second-order valence-electron chi connectivity index (χ2n) is 5.95. The lowest BCUT2D eigenvalue weighted by Gasteiger charge is -2.16. The van der Waals surface area contributed by atoms with Gasteiger partial charge in [-0.15, -0.1) is 11.3 Å². The molecule has 0 atom stereocenters. The molecule has 0 fully saturated rings. The highest BCUT2D eigenvalue weighted by Crippen LogP contribution is 2.35. The maximum absolute atomic E-state index is 12.8. The first kappa shape index (κ1) is 19.1. The molecule has 4 N–H and O–H groups in total. The molecule has 0 spiro atoms. The van der Waals surface area contributed by atoms with Crippen molar-refractivity contribution in [2.75, 3.05) is 5.32 Å². The Labute approximate surface area is 149 Å². The van der Waals surface area contributed by atoms with Crippen LogP contribution in [0.25, 0.3) is 0 Å². The molecular formula is C16H18N2O5S2. The van der Waals surface area contributed by atoms with Crippen molar-refractivity contribution < 1.29 is 23.1 Å². The molecule has 0 radical (unpaired) electrons. The van der Waals surface area contributed by atoms with Crippen molar-refractivity contribution in [2.45, 2.75) is 35.5 Å². The Morgan fingerprint density at radius 2 is 1.84 bits per heavy atom. The third-order valence-electron chi connectivity index (χ3n) is 3.41. The number of carbonyl (C=O) groups excluding carboxylic acids is 2. The minimum atomic E-state index is -3.88. The van der Waals surface area contributed by atoms with Crippen molar-refractivity contribution in [2.24, 2.45) is 5.73 Å². The van der Waals surface area contributed by atoms with E-state index in [1.165, 1.54) is 19.9 Å². The molecule has 0 aliphatic heterocycles. The van der Waals surface area contributed by atoms with Gasteiger partial charge in [0.15, 0.2) is 0 Å². The number of nitrogens with one attached hydrogen (secondary N) is 1. The van der Waals surface area contributed by atoms with Gasteiger partial charge in [0.25, 0.3) is 11.8 Å². The van der Waals surface area contributed by atoms with Gasteiger partial charge in [0.1, 0.15) is 14.8 Å². The Bertz CT molecular complexity index is 940. The van der Waals surface area contributed by atoms with E-state index in [2.05, 4.69) is 5.32 Å². The van der Waals surface area contributed by atoms with E-state index >= 15 is 0 Å². The average Bonchev–Trinajstić information content (AvgIpc) is 2.91. The van der Waals surface area contributed by atoms with Crippen LogP contribution in [-0.2, 0) is 14.6 Å². The highest BCUT2D eigenvalue weighted by atomic mass is 32.2. The van der Waals surface area contributed by atoms with Gasteiger partial charge in [-0.1, -0.05) is 18.2 Å². The lowest BCUT2D eigenvalue weighted by atomic mass is 10.1. The Balaban J connectivity index is 2.54. The maximum Gasteiger partial charge on any atom is 0.256 e. The minimum absolute atomic E-state index is 0.0215. The summed E-state index contributed by atoms with van der Waals surface area (Å²) in [5.41, 5.74) is 4.01. The van der Waals surface area contributed by atoms with E-state index in [1.807, 2.05) is 0 Å². The molecule has 25 heavy (non-hydrogen) atoms. The molecule has 0 bridgehead atoms. The largest absolute Gasteiger partial charge is 0.381 e. The summed E-state index contributed by atoms with van der Waals surface area (Å²) in [6.07, 6.45) is 0. The van der Waals surface area contributed by atoms with Gasteiger partial charge in [0.2, 0.25) is 9.84 Å². The van der Waals surface area contributed by atoms with Crippen LogP contribution in [-0.4, -0.2) is 30.9 Å². The number of amides is 2. The summed E-state index contributed by atoms with van der Waals surface area (Å²) >= 11 is 0.711. The molecule has 0 saturated heterocycles. The highest BCUT2D eigenvalue weighted by molar-refractivity contribution is 7.93. The Morgan fingerprint density at radius 3 is 2.36 bits per heavy atom. The lowest BCUT2D eigenvalue weighted by Crippen LogP contribution is -2.36. The maximum atomic E-state index is 12.8. The summed E-state index contributed by atoms with van der Waals surface area (Å²) in [4.78, 5) is 23.7. The van der Waals surface area contributed by atoms with E-state index in [0.717, 1.165) is 6.07 Å². The predicted molar refractivity (Wildman–Crippen MR) is 94.4 cm³/mol. The highest BCUT2D eigenvalue weighted by Gasteiger charge is 2.29. The van der Waals surface area contributed by atoms with Crippen LogP contribution < -0.4 is 11.1 Å². The zero-order valence-corrected chi connectivity index (χ0v) is 15.5. The van der Waals surface area contributed by atoms with Crippen molar-refractivity contribution in [3.8, 4) is 0 Å². The third kappa shape index (κ3) is 3.89. The van der Waals surface area contributed by atoms with Gasteiger partial charge < -0.3 is 16.2 Å². The molecule has 0 aliphatic rings. The fourth-order valence-electron chi connectivity index (χ4n) is 2.00. The zero-order chi connectivity index (χ0) is 19.0. The Hall–Kier alpha value is -2.23.